The maximum Gasteiger partial charge on any atom is 0.228 e. The molecule has 47 heavy (non-hydrogen) atoms. The summed E-state index contributed by atoms with van der Waals surface area (Å²) in [7, 11) is 0. The number of nitrogens with one attached hydrogen (secondary N) is 2. The lowest BCUT2D eigenvalue weighted by molar-refractivity contribution is -0.133. The van der Waals surface area contributed by atoms with Crippen molar-refractivity contribution in [3.05, 3.63) is 99.2 Å². The summed E-state index contributed by atoms with van der Waals surface area (Å²) in [6.07, 6.45) is 2.68. The smallest absolute Gasteiger partial charge is 0.228 e. The maximum absolute atomic E-state index is 14.4. The number of ether oxygens (including phenoxy) is 1. The van der Waals surface area contributed by atoms with Crippen LogP contribution in [0.5, 0.6) is 5.75 Å². The number of carbonyl (C=O) groups excluding carboxylic acids is 3. The van der Waals surface area contributed by atoms with Crippen LogP contribution in [0.1, 0.15) is 69.5 Å². The van der Waals surface area contributed by atoms with Gasteiger partial charge in [-0.25, -0.2) is 0 Å². The van der Waals surface area contributed by atoms with E-state index in [1.165, 1.54) is 4.90 Å². The van der Waals surface area contributed by atoms with E-state index in [2.05, 4.69) is 10.6 Å². The molecule has 4 N–H and O–H groups in total. The summed E-state index contributed by atoms with van der Waals surface area (Å²) >= 11 is 8.57. The molecule has 2 heterocycles. The highest BCUT2D eigenvalue weighted by Crippen LogP contribution is 2.49. The number of aliphatic hydroxyl groups excluding tert-OH is 2. The van der Waals surface area contributed by atoms with Gasteiger partial charge in [-0.1, -0.05) is 67.9 Å². The first-order valence-electron chi connectivity index (χ1n) is 16.0. The van der Waals surface area contributed by atoms with Gasteiger partial charge in [0.1, 0.15) is 23.8 Å². The average molecular weight is 678 g/mol. The molecule has 3 atom stereocenters. The molecule has 2 amide bonds. The van der Waals surface area contributed by atoms with E-state index in [0.29, 0.717) is 76.4 Å². The molecule has 6 rings (SSSR count). The lowest BCUT2D eigenvalue weighted by Crippen LogP contribution is -2.43. The zero-order valence-corrected chi connectivity index (χ0v) is 28.1. The third kappa shape index (κ3) is 7.24. The average Bonchev–Trinajstić information content (AvgIpc) is 3.36. The highest BCUT2D eigenvalue weighted by atomic mass is 35.5. The van der Waals surface area contributed by atoms with Gasteiger partial charge in [0, 0.05) is 53.5 Å². The standard InChI is InChI=1S/C36H40ClN3O6S/c1-36(2)16-25-33(29(42)17-36)35(23-12-11-22(15-24(23)37)46-18-21-7-4-3-5-8-21)40(27-9-6-10-28(41)34(27)39-25)32(45)14-13-31(44)38-26-19-47-20-30(26)43/h3-5,7-9,11-12,15,26,30,35,39,41,43H,6,10,13-14,16-20H2,1-2H3,(H,38,44). The first-order chi connectivity index (χ1) is 22.5. The number of benzene rings is 2. The Morgan fingerprint density at radius 3 is 2.64 bits per heavy atom. The van der Waals surface area contributed by atoms with Crippen LogP contribution < -0.4 is 15.4 Å². The van der Waals surface area contributed by atoms with Crippen LogP contribution in [0.15, 0.2) is 83.0 Å². The Labute approximate surface area is 284 Å². The van der Waals surface area contributed by atoms with E-state index in [1.54, 1.807) is 30.0 Å². The van der Waals surface area contributed by atoms with Gasteiger partial charge in [0.25, 0.3) is 0 Å². The van der Waals surface area contributed by atoms with Crippen LogP contribution >= 0.6 is 23.4 Å². The van der Waals surface area contributed by atoms with Crippen molar-refractivity contribution in [3.8, 4) is 5.75 Å². The normalized spacial score (nSPS) is 23.7. The molecule has 2 aliphatic carbocycles. The summed E-state index contributed by atoms with van der Waals surface area (Å²) in [5, 5.41) is 27.8. The van der Waals surface area contributed by atoms with E-state index in [-0.39, 0.29) is 48.2 Å². The van der Waals surface area contributed by atoms with Crippen LogP contribution in [0.4, 0.5) is 0 Å². The number of fused-ring (bicyclic) bond motifs is 1. The molecule has 9 nitrogen and oxygen atoms in total. The number of thioether (sulfide) groups is 1. The zero-order chi connectivity index (χ0) is 33.3. The molecule has 2 aromatic carbocycles. The van der Waals surface area contributed by atoms with Crippen LogP contribution in [0.2, 0.25) is 5.02 Å². The Morgan fingerprint density at radius 1 is 1.13 bits per heavy atom. The summed E-state index contributed by atoms with van der Waals surface area (Å²) in [5.74, 6) is 0.967. The predicted molar refractivity (Wildman–Crippen MR) is 181 cm³/mol. The molecule has 0 bridgehead atoms. The molecule has 2 aromatic rings. The van der Waals surface area contributed by atoms with Crippen molar-refractivity contribution in [2.45, 2.75) is 77.2 Å². The monoisotopic (exact) mass is 677 g/mol. The van der Waals surface area contributed by atoms with Crippen molar-refractivity contribution in [2.24, 2.45) is 5.41 Å². The largest absolute Gasteiger partial charge is 0.510 e. The van der Waals surface area contributed by atoms with Crippen molar-refractivity contribution in [3.63, 3.8) is 0 Å². The minimum Gasteiger partial charge on any atom is -0.510 e. The van der Waals surface area contributed by atoms with Crippen LogP contribution in [0, 0.1) is 5.41 Å². The minimum atomic E-state index is -0.907. The number of hydrogen-bond donors (Lipinski definition) is 4. The fourth-order valence-corrected chi connectivity index (χ4v) is 8.14. The first kappa shape index (κ1) is 33.2. The number of amides is 2. The van der Waals surface area contributed by atoms with Gasteiger partial charge < -0.3 is 25.6 Å². The van der Waals surface area contributed by atoms with Gasteiger partial charge >= 0.3 is 0 Å². The van der Waals surface area contributed by atoms with Crippen molar-refractivity contribution in [1.29, 1.82) is 0 Å². The lowest BCUT2D eigenvalue weighted by atomic mass is 9.73. The zero-order valence-electron chi connectivity index (χ0n) is 26.6. The van der Waals surface area contributed by atoms with Crippen LogP contribution in [0.3, 0.4) is 0 Å². The number of carbonyl (C=O) groups is 3. The van der Waals surface area contributed by atoms with Gasteiger partial charge in [-0.15, -0.1) is 0 Å². The van der Waals surface area contributed by atoms with E-state index in [0.717, 1.165) is 5.56 Å². The second-order valence-electron chi connectivity index (χ2n) is 13.3. The Kier molecular flexibility index (Phi) is 9.73. The van der Waals surface area contributed by atoms with Crippen molar-refractivity contribution < 1.29 is 29.3 Å². The van der Waals surface area contributed by atoms with Gasteiger partial charge in [-0.2, -0.15) is 11.8 Å². The Hall–Kier alpha value is -3.73. The SMILES string of the molecule is CC1(C)CC(=O)C2=C(C1)NC1=C(O)CCC=C1N(C(=O)CCC(=O)NC1CSCC1O)C2c1ccc(OCc2ccccc2)cc1Cl. The fraction of sp³-hybridized carbons (Fsp3) is 0.417. The van der Waals surface area contributed by atoms with Gasteiger partial charge in [0.05, 0.1) is 23.9 Å². The van der Waals surface area contributed by atoms with Crippen molar-refractivity contribution in [1.82, 2.24) is 15.5 Å². The second kappa shape index (κ2) is 13.8. The van der Waals surface area contributed by atoms with Crippen molar-refractivity contribution >= 4 is 41.0 Å². The van der Waals surface area contributed by atoms with E-state index in [9.17, 15) is 24.6 Å². The number of rotatable bonds is 8. The number of allylic oxidation sites excluding steroid dienone is 3. The summed E-state index contributed by atoms with van der Waals surface area (Å²) in [6.45, 7) is 4.39. The number of ketones is 1. The predicted octanol–water partition coefficient (Wildman–Crippen LogP) is 5.86. The van der Waals surface area contributed by atoms with Crippen LogP contribution in [0.25, 0.3) is 0 Å². The molecule has 0 saturated carbocycles. The molecule has 3 unspecified atom stereocenters. The number of Topliss-reactive ketones (excluding diaryl/α,β-unsaturated/α-hetero) is 1. The topological polar surface area (TPSA) is 128 Å². The Bertz CT molecular complexity index is 1670. The number of hydrogen-bond acceptors (Lipinski definition) is 8. The first-order valence-corrected chi connectivity index (χ1v) is 17.5. The Balaban J connectivity index is 1.38. The summed E-state index contributed by atoms with van der Waals surface area (Å²) in [6, 6.07) is 13.8. The van der Waals surface area contributed by atoms with E-state index >= 15 is 0 Å². The number of halogens is 1. The summed E-state index contributed by atoms with van der Waals surface area (Å²) in [4.78, 5) is 42.9. The van der Waals surface area contributed by atoms with E-state index in [1.807, 2.05) is 50.3 Å². The summed E-state index contributed by atoms with van der Waals surface area (Å²) in [5.41, 5.74) is 3.10. The highest BCUT2D eigenvalue weighted by Gasteiger charge is 2.45. The van der Waals surface area contributed by atoms with Crippen LogP contribution in [-0.4, -0.2) is 56.4 Å². The molecule has 1 saturated heterocycles. The quantitative estimate of drug-likeness (QED) is 0.274. The van der Waals surface area contributed by atoms with E-state index in [4.69, 9.17) is 16.3 Å². The molecule has 0 radical (unpaired) electrons. The molecule has 4 aliphatic rings. The maximum atomic E-state index is 14.4. The molecule has 11 heteroatoms. The third-order valence-electron chi connectivity index (χ3n) is 9.00. The molecule has 1 fully saturated rings. The second-order valence-corrected chi connectivity index (χ2v) is 14.8. The molecule has 0 spiro atoms. The van der Waals surface area contributed by atoms with Gasteiger partial charge in [-0.3, -0.25) is 19.3 Å². The number of aliphatic hydroxyl groups is 2. The molecule has 2 aliphatic heterocycles. The fourth-order valence-electron chi connectivity index (χ4n) is 6.69. The molecular weight excluding hydrogens is 638 g/mol. The van der Waals surface area contributed by atoms with Crippen molar-refractivity contribution in [2.75, 3.05) is 11.5 Å². The van der Waals surface area contributed by atoms with E-state index < -0.39 is 18.1 Å². The lowest BCUT2D eigenvalue weighted by Gasteiger charge is -2.37. The van der Waals surface area contributed by atoms with Gasteiger partial charge in [0.2, 0.25) is 11.8 Å². The highest BCUT2D eigenvalue weighted by molar-refractivity contribution is 7.99. The molecular formula is C36H40ClN3O6S. The molecule has 248 valence electrons. The van der Waals surface area contributed by atoms with Gasteiger partial charge in [-0.05, 0) is 41.5 Å². The minimum absolute atomic E-state index is 0.102. The van der Waals surface area contributed by atoms with Gasteiger partial charge in [0.15, 0.2) is 5.78 Å². The number of nitrogens with zero attached hydrogens (tertiary/aromatic N) is 1. The third-order valence-corrected chi connectivity index (χ3v) is 10.5. The Morgan fingerprint density at radius 2 is 1.91 bits per heavy atom. The van der Waals surface area contributed by atoms with Crippen LogP contribution in [-0.2, 0) is 21.0 Å². The summed E-state index contributed by atoms with van der Waals surface area (Å²) < 4.78 is 6.02. The molecule has 0 aromatic heterocycles.